The Hall–Kier alpha value is -3.03. The van der Waals surface area contributed by atoms with Crippen molar-refractivity contribution in [2.75, 3.05) is 26.3 Å². The lowest BCUT2D eigenvalue weighted by atomic mass is 10.0. The van der Waals surface area contributed by atoms with Gasteiger partial charge in [0.05, 0.1) is 6.61 Å². The van der Waals surface area contributed by atoms with E-state index in [1.165, 1.54) is 0 Å². The molecule has 1 aromatic heterocycles. The second-order valence-corrected chi connectivity index (χ2v) is 6.65. The number of aromatic nitrogens is 1. The maximum atomic E-state index is 12.4. The maximum absolute atomic E-state index is 12.4. The number of benzene rings is 1. The number of nitrogens with one attached hydrogen (secondary N) is 1. The summed E-state index contributed by atoms with van der Waals surface area (Å²) < 4.78 is 15.8. The molecule has 2 heterocycles. The van der Waals surface area contributed by atoms with Crippen LogP contribution in [0.2, 0.25) is 0 Å². The summed E-state index contributed by atoms with van der Waals surface area (Å²) in [5, 5.41) is 6.73. The van der Waals surface area contributed by atoms with E-state index in [-0.39, 0.29) is 24.5 Å². The second-order valence-electron chi connectivity index (χ2n) is 6.65. The van der Waals surface area contributed by atoms with Gasteiger partial charge in [0.15, 0.2) is 12.3 Å². The van der Waals surface area contributed by atoms with E-state index in [0.717, 1.165) is 5.75 Å². The quantitative estimate of drug-likeness (QED) is 0.783. The molecule has 3 rings (SSSR count). The minimum absolute atomic E-state index is 0.0273. The van der Waals surface area contributed by atoms with Crippen molar-refractivity contribution in [3.05, 3.63) is 41.8 Å². The third-order valence-corrected chi connectivity index (χ3v) is 4.50. The molecule has 28 heavy (non-hydrogen) atoms. The van der Waals surface area contributed by atoms with Crippen molar-refractivity contribution < 1.29 is 23.6 Å². The van der Waals surface area contributed by atoms with Crippen LogP contribution in [-0.2, 0) is 4.79 Å². The summed E-state index contributed by atoms with van der Waals surface area (Å²) in [5.41, 5.74) is 0.323. The van der Waals surface area contributed by atoms with Crippen LogP contribution in [0.1, 0.15) is 36.0 Å². The molecule has 150 valence electrons. The second kappa shape index (κ2) is 9.25. The van der Waals surface area contributed by atoms with Gasteiger partial charge in [0.25, 0.3) is 11.8 Å². The number of carbonyl (C=O) groups is 2. The number of carbonyl (C=O) groups excluding carboxylic acids is 2. The van der Waals surface area contributed by atoms with Crippen LogP contribution in [0.5, 0.6) is 11.5 Å². The Morgan fingerprint density at radius 3 is 2.39 bits per heavy atom. The Morgan fingerprint density at radius 1 is 1.18 bits per heavy atom. The first-order chi connectivity index (χ1) is 13.5. The Labute approximate surface area is 163 Å². The summed E-state index contributed by atoms with van der Waals surface area (Å²) in [5.74, 6) is 1.67. The van der Waals surface area contributed by atoms with Crippen molar-refractivity contribution in [1.82, 2.24) is 15.4 Å². The molecule has 0 spiro atoms. The van der Waals surface area contributed by atoms with E-state index in [1.54, 1.807) is 42.2 Å². The van der Waals surface area contributed by atoms with Crippen LogP contribution >= 0.6 is 0 Å². The summed E-state index contributed by atoms with van der Waals surface area (Å²) in [7, 11) is 0. The highest BCUT2D eigenvalue weighted by molar-refractivity contribution is 5.92. The van der Waals surface area contributed by atoms with E-state index in [9.17, 15) is 9.59 Å². The van der Waals surface area contributed by atoms with Crippen molar-refractivity contribution >= 4 is 11.8 Å². The number of likely N-dealkylation sites (tertiary alicyclic amines) is 1. The average molecular weight is 387 g/mol. The van der Waals surface area contributed by atoms with Crippen molar-refractivity contribution in [3.63, 3.8) is 0 Å². The normalized spacial score (nSPS) is 14.6. The number of amides is 2. The first-order valence-electron chi connectivity index (χ1n) is 9.42. The van der Waals surface area contributed by atoms with Gasteiger partial charge in [-0.2, -0.15) is 0 Å². The minimum atomic E-state index is -0.175. The number of ether oxygens (including phenoxy) is 2. The van der Waals surface area contributed by atoms with Gasteiger partial charge in [-0.05, 0) is 51.0 Å². The number of hydrogen-bond donors (Lipinski definition) is 1. The zero-order valence-electron chi connectivity index (χ0n) is 16.1. The molecule has 0 unspecified atom stereocenters. The molecule has 0 bridgehead atoms. The minimum Gasteiger partial charge on any atom is -0.494 e. The number of rotatable bonds is 7. The molecule has 1 saturated heterocycles. The maximum Gasteiger partial charge on any atom is 0.276 e. The largest absolute Gasteiger partial charge is 0.494 e. The molecule has 0 aliphatic carbocycles. The topological polar surface area (TPSA) is 93.9 Å². The highest BCUT2D eigenvalue weighted by atomic mass is 16.5. The fourth-order valence-corrected chi connectivity index (χ4v) is 3.07. The number of piperidine rings is 1. The molecular formula is C20H25N3O5. The predicted molar refractivity (Wildman–Crippen MR) is 101 cm³/mol. The van der Waals surface area contributed by atoms with E-state index in [0.29, 0.717) is 49.7 Å². The van der Waals surface area contributed by atoms with Crippen molar-refractivity contribution in [2.45, 2.75) is 32.7 Å². The Morgan fingerprint density at radius 2 is 1.82 bits per heavy atom. The van der Waals surface area contributed by atoms with Crippen molar-refractivity contribution in [3.8, 4) is 11.5 Å². The van der Waals surface area contributed by atoms with Gasteiger partial charge >= 0.3 is 0 Å². The summed E-state index contributed by atoms with van der Waals surface area (Å²) in [6.07, 6.45) is 1.38. The van der Waals surface area contributed by atoms with E-state index >= 15 is 0 Å². The first-order valence-corrected chi connectivity index (χ1v) is 9.42. The molecule has 1 aliphatic rings. The summed E-state index contributed by atoms with van der Waals surface area (Å²) in [6.45, 7) is 5.35. The van der Waals surface area contributed by atoms with Gasteiger partial charge in [0.2, 0.25) is 0 Å². The van der Waals surface area contributed by atoms with E-state index in [4.69, 9.17) is 14.0 Å². The molecule has 8 heteroatoms. The zero-order chi connectivity index (χ0) is 19.9. The SMILES string of the molecule is CCOc1ccc(OCC(=O)NC2CCN(C(=O)c3cc(C)on3)CC2)cc1. The van der Waals surface area contributed by atoms with E-state index in [2.05, 4.69) is 10.5 Å². The fraction of sp³-hybridized carbons (Fsp3) is 0.450. The molecule has 1 aliphatic heterocycles. The highest BCUT2D eigenvalue weighted by Gasteiger charge is 2.26. The first kappa shape index (κ1) is 19.7. The summed E-state index contributed by atoms with van der Waals surface area (Å²) >= 11 is 0. The van der Waals surface area contributed by atoms with Gasteiger partial charge < -0.3 is 24.2 Å². The molecule has 2 aromatic rings. The third kappa shape index (κ3) is 5.25. The average Bonchev–Trinajstić information content (AvgIpc) is 3.14. The van der Waals surface area contributed by atoms with Gasteiger partial charge in [-0.25, -0.2) is 0 Å². The van der Waals surface area contributed by atoms with Crippen molar-refractivity contribution in [2.24, 2.45) is 0 Å². The molecule has 1 N–H and O–H groups in total. The molecule has 0 radical (unpaired) electrons. The van der Waals surface area contributed by atoms with Crippen LogP contribution in [0, 0.1) is 6.92 Å². The predicted octanol–water partition coefficient (Wildman–Crippen LogP) is 2.18. The Balaban J connectivity index is 1.39. The number of aryl methyl sites for hydroxylation is 1. The zero-order valence-corrected chi connectivity index (χ0v) is 16.1. The molecule has 8 nitrogen and oxygen atoms in total. The number of nitrogens with zero attached hydrogens (tertiary/aromatic N) is 2. The summed E-state index contributed by atoms with van der Waals surface area (Å²) in [6, 6.07) is 8.82. The smallest absolute Gasteiger partial charge is 0.276 e. The van der Waals surface area contributed by atoms with Gasteiger partial charge in [0.1, 0.15) is 17.3 Å². The van der Waals surface area contributed by atoms with Gasteiger partial charge in [-0.1, -0.05) is 5.16 Å². The monoisotopic (exact) mass is 387 g/mol. The van der Waals surface area contributed by atoms with Crippen LogP contribution in [0.4, 0.5) is 0 Å². The Bertz CT molecular complexity index is 794. The van der Waals surface area contributed by atoms with Crippen LogP contribution in [0.3, 0.4) is 0 Å². The fourth-order valence-electron chi connectivity index (χ4n) is 3.07. The highest BCUT2D eigenvalue weighted by Crippen LogP contribution is 2.18. The van der Waals surface area contributed by atoms with Crippen LogP contribution in [0.25, 0.3) is 0 Å². The molecular weight excluding hydrogens is 362 g/mol. The van der Waals surface area contributed by atoms with Gasteiger partial charge in [-0.3, -0.25) is 9.59 Å². The van der Waals surface area contributed by atoms with Crippen molar-refractivity contribution in [1.29, 1.82) is 0 Å². The Kier molecular flexibility index (Phi) is 6.52. The lowest BCUT2D eigenvalue weighted by Crippen LogP contribution is -2.47. The molecule has 0 atom stereocenters. The lowest BCUT2D eigenvalue weighted by molar-refractivity contribution is -0.124. The number of hydrogen-bond acceptors (Lipinski definition) is 6. The van der Waals surface area contributed by atoms with Crippen LogP contribution in [0.15, 0.2) is 34.9 Å². The lowest BCUT2D eigenvalue weighted by Gasteiger charge is -2.31. The molecule has 1 fully saturated rings. The molecule has 1 aromatic carbocycles. The van der Waals surface area contributed by atoms with Crippen LogP contribution in [-0.4, -0.2) is 54.2 Å². The van der Waals surface area contributed by atoms with E-state index in [1.807, 2.05) is 6.92 Å². The van der Waals surface area contributed by atoms with E-state index < -0.39 is 0 Å². The molecule has 0 saturated carbocycles. The molecule has 2 amide bonds. The van der Waals surface area contributed by atoms with Gasteiger partial charge in [-0.15, -0.1) is 0 Å². The third-order valence-electron chi connectivity index (χ3n) is 4.50. The van der Waals surface area contributed by atoms with Gasteiger partial charge in [0, 0.05) is 25.2 Å². The summed E-state index contributed by atoms with van der Waals surface area (Å²) in [4.78, 5) is 26.2. The van der Waals surface area contributed by atoms with Crippen LogP contribution < -0.4 is 14.8 Å². The standard InChI is InChI=1S/C20H25N3O5/c1-3-26-16-4-6-17(7-5-16)27-13-19(24)21-15-8-10-23(11-9-15)20(25)18-12-14(2)28-22-18/h4-7,12,15H,3,8-11,13H2,1-2H3,(H,21,24).